The normalized spacial score (nSPS) is 26.7. The molecule has 0 spiro atoms. The van der Waals surface area contributed by atoms with Crippen molar-refractivity contribution >= 4 is 0 Å². The van der Waals surface area contributed by atoms with E-state index < -0.39 is 0 Å². The van der Waals surface area contributed by atoms with Gasteiger partial charge in [-0.05, 0) is 78.6 Å². The van der Waals surface area contributed by atoms with E-state index in [9.17, 15) is 0 Å². The zero-order valence-corrected chi connectivity index (χ0v) is 19.0. The van der Waals surface area contributed by atoms with Crippen LogP contribution in [0.15, 0.2) is 0 Å². The van der Waals surface area contributed by atoms with Gasteiger partial charge in [-0.15, -0.1) is 0 Å². The van der Waals surface area contributed by atoms with Gasteiger partial charge in [-0.1, -0.05) is 33.1 Å². The van der Waals surface area contributed by atoms with Crippen LogP contribution in [0.1, 0.15) is 85.5 Å². The molecule has 2 fully saturated rings. The van der Waals surface area contributed by atoms with Crippen molar-refractivity contribution in [3.63, 3.8) is 0 Å². The minimum absolute atomic E-state index is 0.784. The molecule has 0 amide bonds. The molecule has 0 aromatic rings. The Morgan fingerprint density at radius 2 is 1.00 bits per heavy atom. The summed E-state index contributed by atoms with van der Waals surface area (Å²) in [6, 6.07) is 1.57. The van der Waals surface area contributed by atoms with E-state index in [1.807, 2.05) is 0 Å². The average molecular weight is 381 g/mol. The first-order chi connectivity index (χ1) is 13.1. The topological polar surface area (TPSA) is 13.0 Å². The third-order valence-corrected chi connectivity index (χ3v) is 6.71. The number of nitrogens with zero attached hydrogens (tertiary/aromatic N) is 4. The molecular weight excluding hydrogens is 332 g/mol. The Morgan fingerprint density at radius 1 is 0.593 bits per heavy atom. The molecule has 0 bridgehead atoms. The Balaban J connectivity index is 1.48. The Hall–Kier alpha value is -0.160. The highest BCUT2D eigenvalue weighted by molar-refractivity contribution is 4.76. The van der Waals surface area contributed by atoms with E-state index in [4.69, 9.17) is 0 Å². The summed E-state index contributed by atoms with van der Waals surface area (Å²) in [6.07, 6.45) is 12.3. The maximum absolute atomic E-state index is 2.69. The Morgan fingerprint density at radius 3 is 1.41 bits per heavy atom. The fraction of sp³-hybridized carbons (Fsp3) is 1.00. The second-order valence-electron chi connectivity index (χ2n) is 9.19. The van der Waals surface area contributed by atoms with E-state index in [1.165, 1.54) is 110 Å². The molecule has 4 nitrogen and oxygen atoms in total. The summed E-state index contributed by atoms with van der Waals surface area (Å²) in [6.45, 7) is 19.6. The van der Waals surface area contributed by atoms with Crippen molar-refractivity contribution in [1.82, 2.24) is 19.6 Å². The predicted molar refractivity (Wildman–Crippen MR) is 118 cm³/mol. The molecule has 4 heteroatoms. The zero-order valence-electron chi connectivity index (χ0n) is 19.0. The summed E-state index contributed by atoms with van der Waals surface area (Å²) in [4.78, 5) is 10.7. The van der Waals surface area contributed by atoms with Crippen LogP contribution < -0.4 is 0 Å². The summed E-state index contributed by atoms with van der Waals surface area (Å²) in [7, 11) is 0. The van der Waals surface area contributed by atoms with Gasteiger partial charge >= 0.3 is 0 Å². The molecule has 0 unspecified atom stereocenters. The maximum atomic E-state index is 2.69. The molecule has 0 N–H and O–H groups in total. The summed E-state index contributed by atoms with van der Waals surface area (Å²) in [5.74, 6) is 0. The lowest BCUT2D eigenvalue weighted by Crippen LogP contribution is -2.49. The van der Waals surface area contributed by atoms with Gasteiger partial charge in [-0.2, -0.15) is 0 Å². The Labute approximate surface area is 170 Å². The van der Waals surface area contributed by atoms with Crippen LogP contribution >= 0.6 is 0 Å². The van der Waals surface area contributed by atoms with Crippen LogP contribution in [-0.2, 0) is 0 Å². The maximum Gasteiger partial charge on any atom is 0.0508 e. The summed E-state index contributed by atoms with van der Waals surface area (Å²) in [5, 5.41) is 0. The zero-order chi connectivity index (χ0) is 19.5. The second-order valence-corrected chi connectivity index (χ2v) is 9.19. The highest BCUT2D eigenvalue weighted by Gasteiger charge is 2.23. The van der Waals surface area contributed by atoms with Crippen LogP contribution in [0, 0.1) is 0 Å². The van der Waals surface area contributed by atoms with E-state index in [-0.39, 0.29) is 0 Å². The monoisotopic (exact) mass is 380 g/mol. The van der Waals surface area contributed by atoms with Crippen molar-refractivity contribution < 1.29 is 0 Å². The minimum Gasteiger partial charge on any atom is -0.290 e. The lowest BCUT2D eigenvalue weighted by Gasteiger charge is -2.40. The van der Waals surface area contributed by atoms with Crippen LogP contribution in [0.3, 0.4) is 0 Å². The lowest BCUT2D eigenvalue weighted by molar-refractivity contribution is 0.0441. The van der Waals surface area contributed by atoms with Crippen molar-refractivity contribution in [3.8, 4) is 0 Å². The predicted octanol–water partition coefficient (Wildman–Crippen LogP) is 4.46. The molecule has 27 heavy (non-hydrogen) atoms. The van der Waals surface area contributed by atoms with Gasteiger partial charge in [0.1, 0.15) is 0 Å². The van der Waals surface area contributed by atoms with Crippen LogP contribution in [0.2, 0.25) is 0 Å². The van der Waals surface area contributed by atoms with Crippen molar-refractivity contribution in [3.05, 3.63) is 0 Å². The van der Waals surface area contributed by atoms with E-state index in [0.717, 1.165) is 12.1 Å². The number of rotatable bonds is 12. The van der Waals surface area contributed by atoms with Crippen LogP contribution in [0.5, 0.6) is 0 Å². The Kier molecular flexibility index (Phi) is 11.2. The molecule has 2 heterocycles. The van der Waals surface area contributed by atoms with Crippen molar-refractivity contribution in [2.75, 3.05) is 52.6 Å². The standard InChI is InChI=1S/C23H48N4/c1-5-14-26-20-24(18-12-22(26)3)16-10-8-7-9-11-17-25-19-13-23(4)27(21-25)15-6-2/h22-23H,5-21H2,1-4H3/t22-,23-/m1/s1. The fourth-order valence-corrected chi connectivity index (χ4v) is 4.76. The van der Waals surface area contributed by atoms with Crippen LogP contribution in [0.25, 0.3) is 0 Å². The molecule has 2 aliphatic heterocycles. The summed E-state index contributed by atoms with van der Waals surface area (Å²) >= 11 is 0. The molecule has 0 aliphatic carbocycles. The summed E-state index contributed by atoms with van der Waals surface area (Å²) in [5.41, 5.74) is 0. The first kappa shape index (κ1) is 23.1. The van der Waals surface area contributed by atoms with Crippen molar-refractivity contribution in [2.45, 2.75) is 97.6 Å². The van der Waals surface area contributed by atoms with Gasteiger partial charge < -0.3 is 0 Å². The number of hydrogen-bond acceptors (Lipinski definition) is 4. The third-order valence-electron chi connectivity index (χ3n) is 6.71. The highest BCUT2D eigenvalue weighted by Crippen LogP contribution is 2.16. The SMILES string of the molecule is CCCN1CN(CCCCCCCN2CC[C@@H](C)N(CCC)C2)CC[C@H]1C. The smallest absolute Gasteiger partial charge is 0.0508 e. The minimum atomic E-state index is 0.784. The average Bonchev–Trinajstić information content (AvgIpc) is 2.66. The van der Waals surface area contributed by atoms with E-state index in [2.05, 4.69) is 47.3 Å². The number of unbranched alkanes of at least 4 members (excludes halogenated alkanes) is 4. The van der Waals surface area contributed by atoms with Crippen LogP contribution in [-0.4, -0.2) is 84.3 Å². The molecule has 2 atom stereocenters. The van der Waals surface area contributed by atoms with Gasteiger partial charge in [-0.3, -0.25) is 19.6 Å². The van der Waals surface area contributed by atoms with Gasteiger partial charge in [0.05, 0.1) is 13.3 Å². The van der Waals surface area contributed by atoms with Gasteiger partial charge in [0, 0.05) is 25.2 Å². The Bertz CT molecular complexity index is 341. The van der Waals surface area contributed by atoms with E-state index in [0.29, 0.717) is 0 Å². The van der Waals surface area contributed by atoms with Gasteiger partial charge in [0.2, 0.25) is 0 Å². The van der Waals surface area contributed by atoms with Crippen molar-refractivity contribution in [2.24, 2.45) is 0 Å². The fourth-order valence-electron chi connectivity index (χ4n) is 4.76. The molecule has 2 saturated heterocycles. The molecule has 0 aromatic heterocycles. The lowest BCUT2D eigenvalue weighted by atomic mass is 10.1. The second kappa shape index (κ2) is 13.1. The molecule has 2 rings (SSSR count). The molecule has 0 radical (unpaired) electrons. The molecular formula is C23H48N4. The third kappa shape index (κ3) is 8.39. The van der Waals surface area contributed by atoms with E-state index in [1.54, 1.807) is 0 Å². The summed E-state index contributed by atoms with van der Waals surface area (Å²) < 4.78 is 0. The van der Waals surface area contributed by atoms with Crippen molar-refractivity contribution in [1.29, 1.82) is 0 Å². The quantitative estimate of drug-likeness (QED) is 0.463. The highest BCUT2D eigenvalue weighted by atomic mass is 15.3. The van der Waals surface area contributed by atoms with Gasteiger partial charge in [0.15, 0.2) is 0 Å². The van der Waals surface area contributed by atoms with E-state index >= 15 is 0 Å². The van der Waals surface area contributed by atoms with Gasteiger partial charge in [0.25, 0.3) is 0 Å². The molecule has 0 aromatic carbocycles. The molecule has 160 valence electrons. The number of hydrogen-bond donors (Lipinski definition) is 0. The van der Waals surface area contributed by atoms with Gasteiger partial charge in [-0.25, -0.2) is 0 Å². The molecule has 2 aliphatic rings. The largest absolute Gasteiger partial charge is 0.290 e. The first-order valence-electron chi connectivity index (χ1n) is 12.1. The molecule has 0 saturated carbocycles. The first-order valence-corrected chi connectivity index (χ1v) is 12.1. The van der Waals surface area contributed by atoms with Crippen LogP contribution in [0.4, 0.5) is 0 Å².